The van der Waals surface area contributed by atoms with Gasteiger partial charge in [0.2, 0.25) is 5.91 Å². The van der Waals surface area contributed by atoms with Crippen molar-refractivity contribution >= 4 is 5.91 Å². The summed E-state index contributed by atoms with van der Waals surface area (Å²) in [6, 6.07) is 14.6. The van der Waals surface area contributed by atoms with E-state index in [-0.39, 0.29) is 11.9 Å². The van der Waals surface area contributed by atoms with Gasteiger partial charge in [-0.25, -0.2) is 0 Å². The topological polar surface area (TPSA) is 28.5 Å². The summed E-state index contributed by atoms with van der Waals surface area (Å²) in [5.41, 5.74) is 2.38. The normalized spacial score (nSPS) is 17.3. The Morgan fingerprint density at radius 3 is 2.52 bits per heavy atom. The fourth-order valence-corrected chi connectivity index (χ4v) is 3.37. The third kappa shape index (κ3) is 3.17. The number of nitrogens with zero attached hydrogens (tertiary/aromatic N) is 3. The molecule has 23 heavy (non-hydrogen) atoms. The van der Waals surface area contributed by atoms with Gasteiger partial charge in [-0.2, -0.15) is 0 Å². The van der Waals surface area contributed by atoms with Crippen molar-refractivity contribution < 1.29 is 4.79 Å². The predicted octanol–water partition coefficient (Wildman–Crippen LogP) is 2.76. The average molecular weight is 311 g/mol. The first-order valence-electron chi connectivity index (χ1n) is 8.46. The van der Waals surface area contributed by atoms with Crippen LogP contribution in [0, 0.1) is 0 Å². The Morgan fingerprint density at radius 1 is 1.09 bits per heavy atom. The Labute approximate surface area is 138 Å². The van der Waals surface area contributed by atoms with Crippen LogP contribution in [0.4, 0.5) is 0 Å². The predicted molar refractivity (Wildman–Crippen MR) is 92.2 cm³/mol. The van der Waals surface area contributed by atoms with Crippen LogP contribution < -0.4 is 0 Å². The van der Waals surface area contributed by atoms with Crippen LogP contribution in [-0.4, -0.2) is 46.5 Å². The second kappa shape index (κ2) is 7.01. The standard InChI is InChI=1S/C19H25N3O/c1-3-20(4-2)15-18(23)22-14-13-21-12-8-11-17(21)19(22)16-9-6-5-7-10-16/h5-12,19H,3-4,13-15H2,1-2H3/t19-/m0/s1. The van der Waals surface area contributed by atoms with Crippen molar-refractivity contribution in [3.05, 3.63) is 59.9 Å². The number of amides is 1. The molecule has 1 aliphatic heterocycles. The van der Waals surface area contributed by atoms with E-state index < -0.39 is 0 Å². The van der Waals surface area contributed by atoms with Gasteiger partial charge >= 0.3 is 0 Å². The van der Waals surface area contributed by atoms with E-state index in [1.165, 1.54) is 11.3 Å². The zero-order valence-electron chi connectivity index (χ0n) is 14.0. The quantitative estimate of drug-likeness (QED) is 0.849. The molecule has 4 nitrogen and oxygen atoms in total. The van der Waals surface area contributed by atoms with E-state index in [0.717, 1.165) is 26.2 Å². The SMILES string of the molecule is CCN(CC)CC(=O)N1CCn2cccc2[C@@H]1c1ccccc1. The van der Waals surface area contributed by atoms with Crippen molar-refractivity contribution in [3.8, 4) is 0 Å². The molecule has 122 valence electrons. The molecule has 1 aliphatic rings. The Bertz CT molecular complexity index is 646. The maximum Gasteiger partial charge on any atom is 0.237 e. The van der Waals surface area contributed by atoms with Crippen LogP contribution in [0.5, 0.6) is 0 Å². The van der Waals surface area contributed by atoms with Crippen molar-refractivity contribution in [2.45, 2.75) is 26.4 Å². The average Bonchev–Trinajstić information content (AvgIpc) is 3.08. The van der Waals surface area contributed by atoms with E-state index in [1.807, 2.05) is 23.1 Å². The second-order valence-electron chi connectivity index (χ2n) is 5.99. The summed E-state index contributed by atoms with van der Waals surface area (Å²) >= 11 is 0. The zero-order chi connectivity index (χ0) is 16.2. The number of likely N-dealkylation sites (N-methyl/N-ethyl adjacent to an activating group) is 1. The Kier molecular flexibility index (Phi) is 4.82. The minimum atomic E-state index is 0.0167. The van der Waals surface area contributed by atoms with E-state index in [2.05, 4.69) is 53.8 Å². The second-order valence-corrected chi connectivity index (χ2v) is 5.99. The number of carbonyl (C=O) groups is 1. The maximum absolute atomic E-state index is 12.9. The molecule has 2 heterocycles. The molecule has 2 aromatic rings. The van der Waals surface area contributed by atoms with Crippen LogP contribution in [0.15, 0.2) is 48.7 Å². The molecule has 4 heteroatoms. The number of hydrogen-bond donors (Lipinski definition) is 0. The molecule has 0 aliphatic carbocycles. The molecular weight excluding hydrogens is 286 g/mol. The Balaban J connectivity index is 1.91. The summed E-state index contributed by atoms with van der Waals surface area (Å²) in [4.78, 5) is 17.1. The van der Waals surface area contributed by atoms with Gasteiger partial charge in [0.15, 0.2) is 0 Å². The highest BCUT2D eigenvalue weighted by atomic mass is 16.2. The summed E-state index contributed by atoms with van der Waals surface area (Å²) < 4.78 is 2.26. The molecule has 0 spiro atoms. The molecule has 0 fully saturated rings. The summed E-state index contributed by atoms with van der Waals surface area (Å²) in [5.74, 6) is 0.218. The van der Waals surface area contributed by atoms with Crippen molar-refractivity contribution in [2.24, 2.45) is 0 Å². The molecule has 1 amide bonds. The lowest BCUT2D eigenvalue weighted by molar-refractivity contribution is -0.135. The van der Waals surface area contributed by atoms with Gasteiger partial charge < -0.3 is 9.47 Å². The molecule has 1 aromatic heterocycles. The first kappa shape index (κ1) is 15.8. The first-order chi connectivity index (χ1) is 11.2. The highest BCUT2D eigenvalue weighted by molar-refractivity contribution is 5.79. The first-order valence-corrected chi connectivity index (χ1v) is 8.46. The molecule has 0 N–H and O–H groups in total. The number of benzene rings is 1. The van der Waals surface area contributed by atoms with Gasteiger partial charge in [0.05, 0.1) is 12.6 Å². The van der Waals surface area contributed by atoms with Crippen LogP contribution in [0.1, 0.15) is 31.1 Å². The van der Waals surface area contributed by atoms with Crippen molar-refractivity contribution in [1.29, 1.82) is 0 Å². The van der Waals surface area contributed by atoms with Crippen LogP contribution in [0.3, 0.4) is 0 Å². The van der Waals surface area contributed by atoms with E-state index in [1.54, 1.807) is 0 Å². The van der Waals surface area contributed by atoms with E-state index in [9.17, 15) is 4.79 Å². The van der Waals surface area contributed by atoms with Crippen LogP contribution in [0.25, 0.3) is 0 Å². The molecule has 0 unspecified atom stereocenters. The maximum atomic E-state index is 12.9. The molecule has 1 atom stereocenters. The highest BCUT2D eigenvalue weighted by Gasteiger charge is 2.32. The zero-order valence-corrected chi connectivity index (χ0v) is 14.0. The number of carbonyl (C=O) groups excluding carboxylic acids is 1. The molecule has 1 aromatic carbocycles. The molecule has 0 radical (unpaired) electrons. The van der Waals surface area contributed by atoms with Gasteiger partial charge in [0.1, 0.15) is 0 Å². The summed E-state index contributed by atoms with van der Waals surface area (Å²) in [6.07, 6.45) is 2.11. The monoisotopic (exact) mass is 311 g/mol. The minimum Gasteiger partial charge on any atom is -0.348 e. The van der Waals surface area contributed by atoms with Gasteiger partial charge in [-0.1, -0.05) is 44.2 Å². The largest absolute Gasteiger partial charge is 0.348 e. The lowest BCUT2D eigenvalue weighted by Gasteiger charge is -2.38. The van der Waals surface area contributed by atoms with Gasteiger partial charge in [-0.15, -0.1) is 0 Å². The van der Waals surface area contributed by atoms with E-state index in [0.29, 0.717) is 6.54 Å². The van der Waals surface area contributed by atoms with Crippen LogP contribution in [-0.2, 0) is 11.3 Å². The number of rotatable bonds is 5. The number of hydrogen-bond acceptors (Lipinski definition) is 2. The van der Waals surface area contributed by atoms with Crippen molar-refractivity contribution in [3.63, 3.8) is 0 Å². The molecule has 0 saturated carbocycles. The molecular formula is C19H25N3O. The Hall–Kier alpha value is -2.07. The fraction of sp³-hybridized carbons (Fsp3) is 0.421. The van der Waals surface area contributed by atoms with Crippen LogP contribution in [0.2, 0.25) is 0 Å². The van der Waals surface area contributed by atoms with Gasteiger partial charge in [0, 0.05) is 25.0 Å². The number of aromatic nitrogens is 1. The molecule has 0 bridgehead atoms. The number of fused-ring (bicyclic) bond motifs is 1. The van der Waals surface area contributed by atoms with E-state index in [4.69, 9.17) is 0 Å². The summed E-state index contributed by atoms with van der Waals surface area (Å²) in [7, 11) is 0. The van der Waals surface area contributed by atoms with Gasteiger partial charge in [-0.3, -0.25) is 9.69 Å². The molecule has 3 rings (SSSR count). The van der Waals surface area contributed by atoms with Gasteiger partial charge in [-0.05, 0) is 30.8 Å². The molecule has 0 saturated heterocycles. The third-order valence-corrected chi connectivity index (χ3v) is 4.73. The lowest BCUT2D eigenvalue weighted by atomic mass is 10.00. The minimum absolute atomic E-state index is 0.0167. The van der Waals surface area contributed by atoms with E-state index >= 15 is 0 Å². The van der Waals surface area contributed by atoms with Crippen LogP contribution >= 0.6 is 0 Å². The van der Waals surface area contributed by atoms with Crippen molar-refractivity contribution in [1.82, 2.24) is 14.4 Å². The van der Waals surface area contributed by atoms with Gasteiger partial charge in [0.25, 0.3) is 0 Å². The third-order valence-electron chi connectivity index (χ3n) is 4.73. The lowest BCUT2D eigenvalue weighted by Crippen LogP contribution is -2.46. The summed E-state index contributed by atoms with van der Waals surface area (Å²) in [5, 5.41) is 0. The summed E-state index contributed by atoms with van der Waals surface area (Å²) in [6.45, 7) is 8.15. The Morgan fingerprint density at radius 2 is 1.83 bits per heavy atom. The highest BCUT2D eigenvalue weighted by Crippen LogP contribution is 2.32. The van der Waals surface area contributed by atoms with Crippen molar-refractivity contribution in [2.75, 3.05) is 26.2 Å². The fourth-order valence-electron chi connectivity index (χ4n) is 3.37. The smallest absolute Gasteiger partial charge is 0.237 e.